The first-order chi connectivity index (χ1) is 10.1. The molecule has 5 heteroatoms. The number of carbonyl (C=O) groups is 2. The number of rotatable bonds is 6. The van der Waals surface area contributed by atoms with Crippen molar-refractivity contribution in [1.29, 1.82) is 0 Å². The molecule has 0 bridgehead atoms. The molecule has 1 saturated carbocycles. The summed E-state index contributed by atoms with van der Waals surface area (Å²) in [5.41, 5.74) is 0. The molecule has 0 aromatic heterocycles. The molecule has 2 rings (SSSR count). The number of piperazine rings is 1. The summed E-state index contributed by atoms with van der Waals surface area (Å²) in [6.07, 6.45) is 9.42. The summed E-state index contributed by atoms with van der Waals surface area (Å²) in [5, 5.41) is 12.3. The zero-order valence-electron chi connectivity index (χ0n) is 13.0. The van der Waals surface area contributed by atoms with Crippen molar-refractivity contribution in [1.82, 2.24) is 10.2 Å². The minimum absolute atomic E-state index is 0.287. The van der Waals surface area contributed by atoms with E-state index in [1.807, 2.05) is 0 Å². The first kappa shape index (κ1) is 16.3. The molecule has 0 radical (unpaired) electrons. The standard InChI is InChI=1S/C16H28N2O3/c1-12(19)14-11-17-15(20)16(21)18(14)10-6-5-9-13-7-3-2-4-8-13/h12-14,19H,2-11H2,1H3,(H,17,20)/t12?,14-/m1/s1. The number of hydrogen-bond donors (Lipinski definition) is 2. The first-order valence-corrected chi connectivity index (χ1v) is 8.36. The van der Waals surface area contributed by atoms with Crippen LogP contribution in [-0.4, -0.2) is 47.1 Å². The second-order valence-corrected chi connectivity index (χ2v) is 6.52. The van der Waals surface area contributed by atoms with Gasteiger partial charge in [0.25, 0.3) is 0 Å². The topological polar surface area (TPSA) is 69.6 Å². The molecule has 2 fully saturated rings. The normalized spacial score (nSPS) is 25.8. The second-order valence-electron chi connectivity index (χ2n) is 6.52. The van der Waals surface area contributed by atoms with Gasteiger partial charge < -0.3 is 15.3 Å². The lowest BCUT2D eigenvalue weighted by atomic mass is 9.86. The first-order valence-electron chi connectivity index (χ1n) is 8.36. The molecule has 1 unspecified atom stereocenters. The smallest absolute Gasteiger partial charge is 0.312 e. The zero-order valence-corrected chi connectivity index (χ0v) is 13.0. The molecule has 5 nitrogen and oxygen atoms in total. The fourth-order valence-electron chi connectivity index (χ4n) is 3.55. The lowest BCUT2D eigenvalue weighted by Crippen LogP contribution is -2.61. The highest BCUT2D eigenvalue weighted by atomic mass is 16.3. The quantitative estimate of drug-likeness (QED) is 0.576. The van der Waals surface area contributed by atoms with Crippen LogP contribution in [0.5, 0.6) is 0 Å². The number of aliphatic hydroxyl groups excluding tert-OH is 1. The molecule has 21 heavy (non-hydrogen) atoms. The summed E-state index contributed by atoms with van der Waals surface area (Å²) < 4.78 is 0. The van der Waals surface area contributed by atoms with Crippen molar-refractivity contribution >= 4 is 11.8 Å². The van der Waals surface area contributed by atoms with Crippen LogP contribution in [0.4, 0.5) is 0 Å². The monoisotopic (exact) mass is 296 g/mol. The predicted octanol–water partition coefficient (Wildman–Crippen LogP) is 1.44. The fourth-order valence-corrected chi connectivity index (χ4v) is 3.55. The molecule has 2 amide bonds. The molecule has 1 aliphatic carbocycles. The van der Waals surface area contributed by atoms with Crippen LogP contribution in [0.3, 0.4) is 0 Å². The van der Waals surface area contributed by atoms with E-state index in [2.05, 4.69) is 5.32 Å². The predicted molar refractivity (Wildman–Crippen MR) is 80.6 cm³/mol. The van der Waals surface area contributed by atoms with Crippen LogP contribution in [0.1, 0.15) is 58.3 Å². The summed E-state index contributed by atoms with van der Waals surface area (Å²) in [6.45, 7) is 2.60. The summed E-state index contributed by atoms with van der Waals surface area (Å²) >= 11 is 0. The van der Waals surface area contributed by atoms with Crippen molar-refractivity contribution in [3.05, 3.63) is 0 Å². The highest BCUT2D eigenvalue weighted by molar-refractivity contribution is 6.35. The van der Waals surface area contributed by atoms with E-state index < -0.39 is 17.9 Å². The number of carbonyl (C=O) groups excluding carboxylic acids is 2. The van der Waals surface area contributed by atoms with Gasteiger partial charge in [0.15, 0.2) is 0 Å². The molecule has 1 aliphatic heterocycles. The van der Waals surface area contributed by atoms with Gasteiger partial charge in [0.1, 0.15) is 0 Å². The van der Waals surface area contributed by atoms with Gasteiger partial charge in [0, 0.05) is 13.1 Å². The van der Waals surface area contributed by atoms with E-state index in [-0.39, 0.29) is 6.04 Å². The van der Waals surface area contributed by atoms with Crippen LogP contribution in [0.25, 0.3) is 0 Å². The summed E-state index contributed by atoms with van der Waals surface area (Å²) in [4.78, 5) is 25.0. The van der Waals surface area contributed by atoms with Crippen LogP contribution >= 0.6 is 0 Å². The number of unbranched alkanes of at least 4 members (excludes halogenated alkanes) is 1. The van der Waals surface area contributed by atoms with Crippen molar-refractivity contribution in [2.24, 2.45) is 5.92 Å². The van der Waals surface area contributed by atoms with Gasteiger partial charge in [-0.15, -0.1) is 0 Å². The maximum atomic E-state index is 11.9. The van der Waals surface area contributed by atoms with Crippen molar-refractivity contribution < 1.29 is 14.7 Å². The van der Waals surface area contributed by atoms with Gasteiger partial charge in [-0.3, -0.25) is 9.59 Å². The molecule has 1 saturated heterocycles. The number of amides is 2. The maximum absolute atomic E-state index is 11.9. The summed E-state index contributed by atoms with van der Waals surface area (Å²) in [5.74, 6) is -0.185. The number of nitrogens with one attached hydrogen (secondary N) is 1. The molecule has 0 spiro atoms. The molecule has 2 atom stereocenters. The Morgan fingerprint density at radius 2 is 1.95 bits per heavy atom. The third kappa shape index (κ3) is 4.43. The second kappa shape index (κ2) is 7.78. The van der Waals surface area contributed by atoms with E-state index in [0.717, 1.165) is 18.8 Å². The van der Waals surface area contributed by atoms with Gasteiger partial charge in [0.05, 0.1) is 12.1 Å². The molecule has 1 heterocycles. The van der Waals surface area contributed by atoms with Gasteiger partial charge in [-0.1, -0.05) is 44.9 Å². The van der Waals surface area contributed by atoms with Crippen LogP contribution in [-0.2, 0) is 9.59 Å². The molecule has 0 aromatic rings. The lowest BCUT2D eigenvalue weighted by Gasteiger charge is -2.37. The van der Waals surface area contributed by atoms with Crippen LogP contribution < -0.4 is 5.32 Å². The van der Waals surface area contributed by atoms with Gasteiger partial charge >= 0.3 is 11.8 Å². The fraction of sp³-hybridized carbons (Fsp3) is 0.875. The lowest BCUT2D eigenvalue weighted by molar-refractivity contribution is -0.152. The Bertz CT molecular complexity index is 365. The van der Waals surface area contributed by atoms with E-state index in [1.54, 1.807) is 11.8 Å². The Labute approximate surface area is 127 Å². The molecule has 2 aliphatic rings. The van der Waals surface area contributed by atoms with Crippen molar-refractivity contribution in [3.63, 3.8) is 0 Å². The van der Waals surface area contributed by atoms with Gasteiger partial charge in [0.2, 0.25) is 0 Å². The Kier molecular flexibility index (Phi) is 6.03. The third-order valence-corrected chi connectivity index (χ3v) is 4.87. The van der Waals surface area contributed by atoms with Crippen molar-refractivity contribution in [2.75, 3.05) is 13.1 Å². The van der Waals surface area contributed by atoms with Gasteiger partial charge in [-0.05, 0) is 19.3 Å². The molecule has 0 aromatic carbocycles. The van der Waals surface area contributed by atoms with Crippen molar-refractivity contribution in [3.8, 4) is 0 Å². The van der Waals surface area contributed by atoms with E-state index in [9.17, 15) is 14.7 Å². The van der Waals surface area contributed by atoms with Gasteiger partial charge in [-0.25, -0.2) is 0 Å². The minimum Gasteiger partial charge on any atom is -0.391 e. The third-order valence-electron chi connectivity index (χ3n) is 4.87. The SMILES string of the molecule is CC(O)[C@H]1CNC(=O)C(=O)N1CCCCC1CCCCC1. The van der Waals surface area contributed by atoms with E-state index >= 15 is 0 Å². The highest BCUT2D eigenvalue weighted by Gasteiger charge is 2.35. The number of nitrogens with zero attached hydrogens (tertiary/aromatic N) is 1. The highest BCUT2D eigenvalue weighted by Crippen LogP contribution is 2.27. The Balaban J connectivity index is 1.75. The zero-order chi connectivity index (χ0) is 15.2. The Hall–Kier alpha value is -1.10. The largest absolute Gasteiger partial charge is 0.391 e. The van der Waals surface area contributed by atoms with Crippen LogP contribution in [0, 0.1) is 5.92 Å². The number of hydrogen-bond acceptors (Lipinski definition) is 3. The molecule has 120 valence electrons. The van der Waals surface area contributed by atoms with Crippen molar-refractivity contribution in [2.45, 2.75) is 70.4 Å². The molecule has 2 N–H and O–H groups in total. The Morgan fingerprint density at radius 1 is 1.24 bits per heavy atom. The van der Waals surface area contributed by atoms with E-state index in [1.165, 1.54) is 38.5 Å². The molecular weight excluding hydrogens is 268 g/mol. The summed E-state index contributed by atoms with van der Waals surface area (Å²) in [7, 11) is 0. The van der Waals surface area contributed by atoms with Crippen LogP contribution in [0.2, 0.25) is 0 Å². The van der Waals surface area contributed by atoms with E-state index in [4.69, 9.17) is 0 Å². The average Bonchev–Trinajstić information content (AvgIpc) is 2.48. The average molecular weight is 296 g/mol. The maximum Gasteiger partial charge on any atom is 0.312 e. The number of aliphatic hydroxyl groups is 1. The summed E-state index contributed by atoms with van der Waals surface area (Å²) in [6, 6.07) is -0.287. The minimum atomic E-state index is -0.618. The Morgan fingerprint density at radius 3 is 2.62 bits per heavy atom. The van der Waals surface area contributed by atoms with Crippen LogP contribution in [0.15, 0.2) is 0 Å². The van der Waals surface area contributed by atoms with E-state index in [0.29, 0.717) is 13.1 Å². The van der Waals surface area contributed by atoms with Gasteiger partial charge in [-0.2, -0.15) is 0 Å². The molecular formula is C16H28N2O3.